The number of rotatable bonds is 5. The smallest absolute Gasteiger partial charge is 0.149 e. The van der Waals surface area contributed by atoms with Crippen molar-refractivity contribution in [2.45, 2.75) is 38.8 Å². The van der Waals surface area contributed by atoms with Gasteiger partial charge in [0.1, 0.15) is 28.1 Å². The summed E-state index contributed by atoms with van der Waals surface area (Å²) in [5, 5.41) is 4.66. The van der Waals surface area contributed by atoms with Crippen LogP contribution in [-0.2, 0) is 30.7 Å². The number of aromatic nitrogens is 4. The second kappa shape index (κ2) is 8.17. The second-order valence-corrected chi connectivity index (χ2v) is 8.60. The molecule has 0 radical (unpaired) electrons. The lowest BCUT2D eigenvalue weighted by Crippen LogP contribution is -2.36. The third-order valence-corrected chi connectivity index (χ3v) is 6.66. The van der Waals surface area contributed by atoms with E-state index in [-0.39, 0.29) is 0 Å². The quantitative estimate of drug-likeness (QED) is 0.660. The monoisotopic (exact) mass is 411 g/mol. The molecule has 0 spiro atoms. The highest BCUT2D eigenvalue weighted by Gasteiger charge is 2.22. The van der Waals surface area contributed by atoms with E-state index in [2.05, 4.69) is 20.2 Å². The first kappa shape index (κ1) is 18.7. The Kier molecular flexibility index (Phi) is 5.26. The summed E-state index contributed by atoms with van der Waals surface area (Å²) in [6, 6.07) is 1.70. The van der Waals surface area contributed by atoms with E-state index in [4.69, 9.17) is 20.4 Å². The molecule has 0 unspecified atom stereocenters. The summed E-state index contributed by atoms with van der Waals surface area (Å²) in [5.74, 6) is 2.89. The molecule has 0 saturated carbocycles. The molecule has 1 aliphatic carbocycles. The number of nitrogen functional groups attached to an aromatic ring is 1. The van der Waals surface area contributed by atoms with Gasteiger partial charge in [0.2, 0.25) is 0 Å². The molecule has 1 aliphatic heterocycles. The van der Waals surface area contributed by atoms with Crippen molar-refractivity contribution in [1.29, 1.82) is 0 Å². The van der Waals surface area contributed by atoms with Gasteiger partial charge in [-0.1, -0.05) is 0 Å². The predicted molar refractivity (Wildman–Crippen MR) is 114 cm³/mol. The van der Waals surface area contributed by atoms with Gasteiger partial charge in [0.05, 0.1) is 31.7 Å². The molecule has 152 valence electrons. The van der Waals surface area contributed by atoms with Crippen molar-refractivity contribution in [3.8, 4) is 0 Å². The Hall–Kier alpha value is -2.36. The van der Waals surface area contributed by atoms with Crippen molar-refractivity contribution in [1.82, 2.24) is 24.8 Å². The average molecular weight is 412 g/mol. The fourth-order valence-electron chi connectivity index (χ4n) is 4.02. The van der Waals surface area contributed by atoms with Crippen LogP contribution < -0.4 is 11.1 Å². The number of hydrogen-bond acceptors (Lipinski definition) is 9. The van der Waals surface area contributed by atoms with Crippen molar-refractivity contribution in [2.24, 2.45) is 0 Å². The SMILES string of the molecule is Nc1ccnc(CNc2nc(CN3CCOCC3)nc3sc4c(c23)CCCC4)n1. The molecule has 29 heavy (non-hydrogen) atoms. The zero-order valence-electron chi connectivity index (χ0n) is 16.4. The largest absolute Gasteiger partial charge is 0.384 e. The lowest BCUT2D eigenvalue weighted by atomic mass is 9.97. The van der Waals surface area contributed by atoms with Gasteiger partial charge in [0.25, 0.3) is 0 Å². The molecule has 0 atom stereocenters. The van der Waals surface area contributed by atoms with Crippen LogP contribution in [0.1, 0.15) is 34.9 Å². The van der Waals surface area contributed by atoms with E-state index in [1.807, 2.05) is 11.3 Å². The fraction of sp³-hybridized carbons (Fsp3) is 0.500. The fourth-order valence-corrected chi connectivity index (χ4v) is 5.30. The van der Waals surface area contributed by atoms with Crippen molar-refractivity contribution >= 4 is 33.2 Å². The first-order valence-electron chi connectivity index (χ1n) is 10.2. The maximum Gasteiger partial charge on any atom is 0.149 e. The Bertz CT molecular complexity index is 1020. The molecule has 8 nitrogen and oxygen atoms in total. The zero-order chi connectivity index (χ0) is 19.6. The molecule has 9 heteroatoms. The number of thiophene rings is 1. The standard InChI is InChI=1S/C20H25N7OS/c21-15-5-6-22-16(24-15)11-23-19-18-13-3-1-2-4-14(13)29-20(18)26-17(25-19)12-27-7-9-28-10-8-27/h5-6H,1-4,7-12H2,(H2,21,22,24)(H,23,25,26). The summed E-state index contributed by atoms with van der Waals surface area (Å²) < 4.78 is 5.47. The topological polar surface area (TPSA) is 102 Å². The predicted octanol–water partition coefficient (Wildman–Crippen LogP) is 2.39. The van der Waals surface area contributed by atoms with Crippen LogP contribution in [0, 0.1) is 0 Å². The molecule has 3 N–H and O–H groups in total. The Morgan fingerprint density at radius 2 is 1.97 bits per heavy atom. The number of aryl methyl sites for hydroxylation is 2. The molecular formula is C20H25N7OS. The maximum absolute atomic E-state index is 5.80. The second-order valence-electron chi connectivity index (χ2n) is 7.52. The summed E-state index contributed by atoms with van der Waals surface area (Å²) in [4.78, 5) is 23.4. The van der Waals surface area contributed by atoms with E-state index < -0.39 is 0 Å². The van der Waals surface area contributed by atoms with Crippen LogP contribution in [0.3, 0.4) is 0 Å². The summed E-state index contributed by atoms with van der Waals surface area (Å²) in [5.41, 5.74) is 7.22. The summed E-state index contributed by atoms with van der Waals surface area (Å²) >= 11 is 1.83. The summed E-state index contributed by atoms with van der Waals surface area (Å²) in [6.45, 7) is 4.61. The molecule has 2 aliphatic rings. The molecule has 0 amide bonds. The van der Waals surface area contributed by atoms with Crippen LogP contribution in [0.2, 0.25) is 0 Å². The number of ether oxygens (including phenoxy) is 1. The molecule has 5 rings (SSSR count). The van der Waals surface area contributed by atoms with Crippen molar-refractivity contribution < 1.29 is 4.74 Å². The molecule has 1 saturated heterocycles. The van der Waals surface area contributed by atoms with Crippen LogP contribution in [0.5, 0.6) is 0 Å². The minimum absolute atomic E-state index is 0.477. The van der Waals surface area contributed by atoms with E-state index in [9.17, 15) is 0 Å². The minimum atomic E-state index is 0.477. The van der Waals surface area contributed by atoms with E-state index in [1.165, 1.54) is 28.7 Å². The van der Waals surface area contributed by atoms with Crippen LogP contribution in [0.15, 0.2) is 12.3 Å². The van der Waals surface area contributed by atoms with Gasteiger partial charge in [-0.2, -0.15) is 0 Å². The number of nitrogens with one attached hydrogen (secondary N) is 1. The molecule has 0 bridgehead atoms. The van der Waals surface area contributed by atoms with E-state index in [0.717, 1.165) is 62.2 Å². The highest BCUT2D eigenvalue weighted by atomic mass is 32.1. The minimum Gasteiger partial charge on any atom is -0.384 e. The zero-order valence-corrected chi connectivity index (χ0v) is 17.2. The van der Waals surface area contributed by atoms with E-state index >= 15 is 0 Å². The van der Waals surface area contributed by atoms with Crippen LogP contribution in [0.25, 0.3) is 10.2 Å². The number of nitrogens with zero attached hydrogens (tertiary/aromatic N) is 5. The number of fused-ring (bicyclic) bond motifs is 3. The van der Waals surface area contributed by atoms with Crippen LogP contribution in [0.4, 0.5) is 11.6 Å². The number of anilines is 2. The maximum atomic E-state index is 5.80. The van der Waals surface area contributed by atoms with Gasteiger partial charge in [-0.3, -0.25) is 4.90 Å². The molecule has 3 aromatic heterocycles. The summed E-state index contributed by atoms with van der Waals surface area (Å²) in [6.07, 6.45) is 6.42. The van der Waals surface area contributed by atoms with Crippen molar-refractivity contribution in [3.63, 3.8) is 0 Å². The van der Waals surface area contributed by atoms with Crippen molar-refractivity contribution in [2.75, 3.05) is 37.4 Å². The third kappa shape index (κ3) is 4.03. The Balaban J connectivity index is 1.48. The third-order valence-electron chi connectivity index (χ3n) is 5.47. The van der Waals surface area contributed by atoms with Crippen molar-refractivity contribution in [3.05, 3.63) is 34.4 Å². The average Bonchev–Trinajstić information content (AvgIpc) is 3.11. The van der Waals surface area contributed by atoms with Gasteiger partial charge >= 0.3 is 0 Å². The first-order valence-corrected chi connectivity index (χ1v) is 11.0. The van der Waals surface area contributed by atoms with Gasteiger partial charge in [0.15, 0.2) is 0 Å². The lowest BCUT2D eigenvalue weighted by molar-refractivity contribution is 0.0331. The van der Waals surface area contributed by atoms with Gasteiger partial charge < -0.3 is 15.8 Å². The van der Waals surface area contributed by atoms with Gasteiger partial charge in [-0.15, -0.1) is 11.3 Å². The number of morpholine rings is 1. The highest BCUT2D eigenvalue weighted by Crippen LogP contribution is 2.38. The van der Waals surface area contributed by atoms with E-state index in [1.54, 1.807) is 12.3 Å². The number of nitrogens with two attached hydrogens (primary N) is 1. The molecule has 0 aromatic carbocycles. The molecule has 4 heterocycles. The molecule has 1 fully saturated rings. The first-order chi connectivity index (χ1) is 14.3. The van der Waals surface area contributed by atoms with Crippen LogP contribution >= 0.6 is 11.3 Å². The molecular weight excluding hydrogens is 386 g/mol. The lowest BCUT2D eigenvalue weighted by Gasteiger charge is -2.25. The van der Waals surface area contributed by atoms with E-state index in [0.29, 0.717) is 18.2 Å². The van der Waals surface area contributed by atoms with Crippen LogP contribution in [-0.4, -0.2) is 51.1 Å². The highest BCUT2D eigenvalue weighted by molar-refractivity contribution is 7.19. The van der Waals surface area contributed by atoms with Gasteiger partial charge in [-0.25, -0.2) is 19.9 Å². The Morgan fingerprint density at radius 3 is 2.83 bits per heavy atom. The van der Waals surface area contributed by atoms with Gasteiger partial charge in [0, 0.05) is 24.2 Å². The molecule has 3 aromatic rings. The summed E-state index contributed by atoms with van der Waals surface area (Å²) in [7, 11) is 0. The Labute approximate surface area is 173 Å². The number of hydrogen-bond donors (Lipinski definition) is 2. The van der Waals surface area contributed by atoms with Gasteiger partial charge in [-0.05, 0) is 37.3 Å². The Morgan fingerprint density at radius 1 is 1.10 bits per heavy atom. The normalized spacial score (nSPS) is 17.4.